The van der Waals surface area contributed by atoms with E-state index in [1.54, 1.807) is 14.2 Å². The van der Waals surface area contributed by atoms with Gasteiger partial charge >= 0.3 is 0 Å². The maximum atomic E-state index is 5.42. The van der Waals surface area contributed by atoms with E-state index in [2.05, 4.69) is 20.6 Å². The third-order valence-corrected chi connectivity index (χ3v) is 4.75. The van der Waals surface area contributed by atoms with Crippen LogP contribution in [0.4, 0.5) is 0 Å². The molecule has 1 N–H and O–H groups in total. The molecular formula is C19H23N5O3. The Morgan fingerprint density at radius 2 is 2.11 bits per heavy atom. The molecule has 3 aromatic rings. The average Bonchev–Trinajstić information content (AvgIpc) is 3.38. The van der Waals surface area contributed by atoms with E-state index in [0.717, 1.165) is 31.5 Å². The molecule has 8 heteroatoms. The number of rotatable bonds is 6. The van der Waals surface area contributed by atoms with Crippen LogP contribution >= 0.6 is 0 Å². The highest BCUT2D eigenvalue weighted by molar-refractivity contribution is 5.46. The Hall–Kier alpha value is -2.87. The van der Waals surface area contributed by atoms with Crippen LogP contribution in [0.25, 0.3) is 11.6 Å². The van der Waals surface area contributed by atoms with Crippen LogP contribution in [0, 0.1) is 0 Å². The fourth-order valence-electron chi connectivity index (χ4n) is 3.32. The summed E-state index contributed by atoms with van der Waals surface area (Å²) in [5.74, 6) is 2.41. The van der Waals surface area contributed by atoms with Gasteiger partial charge in [0.15, 0.2) is 23.0 Å². The van der Waals surface area contributed by atoms with Crippen molar-refractivity contribution in [1.29, 1.82) is 0 Å². The van der Waals surface area contributed by atoms with Gasteiger partial charge in [0.2, 0.25) is 0 Å². The highest BCUT2D eigenvalue weighted by Gasteiger charge is 2.18. The molecule has 4 rings (SSSR count). The predicted octanol–water partition coefficient (Wildman–Crippen LogP) is 2.47. The zero-order valence-electron chi connectivity index (χ0n) is 15.5. The van der Waals surface area contributed by atoms with E-state index in [4.69, 9.17) is 14.0 Å². The number of methoxy groups -OCH3 is 2. The van der Waals surface area contributed by atoms with Crippen molar-refractivity contribution in [3.8, 4) is 23.1 Å². The molecule has 3 heterocycles. The first-order valence-corrected chi connectivity index (χ1v) is 9.06. The van der Waals surface area contributed by atoms with Crippen LogP contribution in [0.3, 0.4) is 0 Å². The van der Waals surface area contributed by atoms with Gasteiger partial charge in [-0.1, -0.05) is 11.2 Å². The number of nitrogens with one attached hydrogen (secondary N) is 1. The summed E-state index contributed by atoms with van der Waals surface area (Å²) in [5, 5.41) is 12.1. The van der Waals surface area contributed by atoms with Crippen LogP contribution in [0.5, 0.6) is 11.5 Å². The maximum Gasteiger partial charge on any atom is 0.278 e. The molecule has 1 fully saturated rings. The molecule has 0 saturated carbocycles. The Kier molecular flexibility index (Phi) is 5.06. The van der Waals surface area contributed by atoms with Gasteiger partial charge in [-0.2, -0.15) is 10.1 Å². The summed E-state index contributed by atoms with van der Waals surface area (Å²) in [6.45, 7) is 2.02. The van der Waals surface area contributed by atoms with E-state index in [1.165, 1.54) is 0 Å². The van der Waals surface area contributed by atoms with E-state index < -0.39 is 0 Å². The van der Waals surface area contributed by atoms with Gasteiger partial charge in [-0.3, -0.25) is 4.68 Å². The number of nitrogens with zero attached hydrogens (tertiary/aromatic N) is 4. The first kappa shape index (κ1) is 17.5. The zero-order chi connectivity index (χ0) is 18.6. The molecule has 1 aliphatic rings. The Balaban J connectivity index is 1.48. The van der Waals surface area contributed by atoms with Gasteiger partial charge in [0.05, 0.1) is 20.3 Å². The zero-order valence-corrected chi connectivity index (χ0v) is 15.5. The lowest BCUT2D eigenvalue weighted by atomic mass is 10.1. The van der Waals surface area contributed by atoms with Gasteiger partial charge in [-0.05, 0) is 43.1 Å². The monoisotopic (exact) mass is 369 g/mol. The molecule has 0 bridgehead atoms. The molecule has 8 nitrogen and oxygen atoms in total. The molecule has 142 valence electrons. The molecule has 0 radical (unpaired) electrons. The fourth-order valence-corrected chi connectivity index (χ4v) is 3.32. The highest BCUT2D eigenvalue weighted by Crippen LogP contribution is 2.28. The second-order valence-corrected chi connectivity index (χ2v) is 6.56. The maximum absolute atomic E-state index is 5.42. The van der Waals surface area contributed by atoms with E-state index in [-0.39, 0.29) is 0 Å². The standard InChI is InChI=1S/C19H23N5O3/c1-25-16-6-5-13(10-17(16)26-2)11-18-21-19(27-23-18)15-7-9-24(22-15)14-4-3-8-20-12-14/h5-7,9-10,14,20H,3-4,8,11-12H2,1-2H3. The van der Waals surface area contributed by atoms with Crippen molar-refractivity contribution in [3.05, 3.63) is 41.9 Å². The van der Waals surface area contributed by atoms with Crippen LogP contribution in [-0.4, -0.2) is 47.2 Å². The Morgan fingerprint density at radius 1 is 1.22 bits per heavy atom. The lowest BCUT2D eigenvalue weighted by Gasteiger charge is -2.22. The third-order valence-electron chi connectivity index (χ3n) is 4.75. The van der Waals surface area contributed by atoms with Crippen molar-refractivity contribution < 1.29 is 14.0 Å². The molecule has 0 aliphatic carbocycles. The van der Waals surface area contributed by atoms with Crippen LogP contribution in [0.15, 0.2) is 35.0 Å². The molecule has 1 aromatic carbocycles. The number of benzene rings is 1. The van der Waals surface area contributed by atoms with Gasteiger partial charge in [0.1, 0.15) is 0 Å². The minimum Gasteiger partial charge on any atom is -0.493 e. The minimum atomic E-state index is 0.377. The van der Waals surface area contributed by atoms with E-state index in [0.29, 0.717) is 41.4 Å². The summed E-state index contributed by atoms with van der Waals surface area (Å²) in [4.78, 5) is 4.49. The van der Waals surface area contributed by atoms with E-state index >= 15 is 0 Å². The molecule has 1 atom stereocenters. The van der Waals surface area contributed by atoms with Crippen molar-refractivity contribution in [2.75, 3.05) is 27.3 Å². The van der Waals surface area contributed by atoms with Gasteiger partial charge in [0.25, 0.3) is 5.89 Å². The van der Waals surface area contributed by atoms with Crippen LogP contribution in [0.2, 0.25) is 0 Å². The average molecular weight is 369 g/mol. The fraction of sp³-hybridized carbons (Fsp3) is 0.421. The SMILES string of the molecule is COc1ccc(Cc2noc(-c3ccn(C4CCCNC4)n3)n2)cc1OC. The van der Waals surface area contributed by atoms with Crippen molar-refractivity contribution in [2.24, 2.45) is 0 Å². The van der Waals surface area contributed by atoms with E-state index in [9.17, 15) is 0 Å². The predicted molar refractivity (Wildman–Crippen MR) is 99.0 cm³/mol. The summed E-state index contributed by atoms with van der Waals surface area (Å²) in [5.41, 5.74) is 1.71. The van der Waals surface area contributed by atoms with Crippen molar-refractivity contribution in [2.45, 2.75) is 25.3 Å². The van der Waals surface area contributed by atoms with Gasteiger partial charge in [-0.15, -0.1) is 0 Å². The number of piperidine rings is 1. The molecule has 27 heavy (non-hydrogen) atoms. The van der Waals surface area contributed by atoms with E-state index in [1.807, 2.05) is 35.1 Å². The van der Waals surface area contributed by atoms with Crippen molar-refractivity contribution in [1.82, 2.24) is 25.2 Å². The summed E-state index contributed by atoms with van der Waals surface area (Å²) in [7, 11) is 3.23. The minimum absolute atomic E-state index is 0.377. The highest BCUT2D eigenvalue weighted by atomic mass is 16.5. The normalized spacial score (nSPS) is 17.0. The summed E-state index contributed by atoms with van der Waals surface area (Å²) in [6.07, 6.45) is 4.81. The second-order valence-electron chi connectivity index (χ2n) is 6.56. The topological polar surface area (TPSA) is 87.2 Å². The molecule has 1 aliphatic heterocycles. The smallest absolute Gasteiger partial charge is 0.278 e. The summed E-state index contributed by atoms with van der Waals surface area (Å²) < 4.78 is 18.0. The second kappa shape index (κ2) is 7.79. The molecule has 1 saturated heterocycles. The van der Waals surface area contributed by atoms with Gasteiger partial charge < -0.3 is 19.3 Å². The quantitative estimate of drug-likeness (QED) is 0.714. The van der Waals surface area contributed by atoms with Crippen molar-refractivity contribution in [3.63, 3.8) is 0 Å². The summed E-state index contributed by atoms with van der Waals surface area (Å²) >= 11 is 0. The van der Waals surface area contributed by atoms with Crippen LogP contribution < -0.4 is 14.8 Å². The van der Waals surface area contributed by atoms with Gasteiger partial charge in [0, 0.05) is 19.2 Å². The first-order chi connectivity index (χ1) is 13.3. The largest absolute Gasteiger partial charge is 0.493 e. The first-order valence-electron chi connectivity index (χ1n) is 9.06. The van der Waals surface area contributed by atoms with Crippen molar-refractivity contribution >= 4 is 0 Å². The van der Waals surface area contributed by atoms with Gasteiger partial charge in [-0.25, -0.2) is 0 Å². The lowest BCUT2D eigenvalue weighted by molar-refractivity contribution is 0.346. The Bertz CT molecular complexity index is 898. The number of ether oxygens (including phenoxy) is 2. The number of hydrogen-bond acceptors (Lipinski definition) is 7. The number of aromatic nitrogens is 4. The number of hydrogen-bond donors (Lipinski definition) is 1. The summed E-state index contributed by atoms with van der Waals surface area (Å²) in [6, 6.07) is 8.04. The molecule has 2 aromatic heterocycles. The Labute approximate surface area is 157 Å². The lowest BCUT2D eigenvalue weighted by Crippen LogP contribution is -2.31. The Morgan fingerprint density at radius 3 is 2.89 bits per heavy atom. The van der Waals surface area contributed by atoms with Crippen LogP contribution in [-0.2, 0) is 6.42 Å². The molecule has 0 amide bonds. The third kappa shape index (κ3) is 3.80. The molecule has 1 unspecified atom stereocenters. The molecule has 0 spiro atoms. The van der Waals surface area contributed by atoms with Crippen LogP contribution in [0.1, 0.15) is 30.3 Å². The molecular weight excluding hydrogens is 346 g/mol.